The number of hydrogen-bond acceptors (Lipinski definition) is 6. The summed E-state index contributed by atoms with van der Waals surface area (Å²) in [6.45, 7) is 3.31. The number of rotatable bonds is 7. The molecule has 0 aliphatic carbocycles. The van der Waals surface area contributed by atoms with Gasteiger partial charge < -0.3 is 10.4 Å². The van der Waals surface area contributed by atoms with E-state index in [-0.39, 0.29) is 27.0 Å². The summed E-state index contributed by atoms with van der Waals surface area (Å²) in [5, 5.41) is 12.6. The lowest BCUT2D eigenvalue weighted by atomic mass is 9.90. The van der Waals surface area contributed by atoms with Gasteiger partial charge in [0.25, 0.3) is 10.0 Å². The average Bonchev–Trinajstić information content (AvgIpc) is 2.73. The Hall–Kier alpha value is -2.43. The van der Waals surface area contributed by atoms with Crippen molar-refractivity contribution in [1.29, 1.82) is 0 Å². The molecule has 0 saturated carbocycles. The van der Waals surface area contributed by atoms with Crippen molar-refractivity contribution >= 4 is 31.5 Å². The molecule has 0 aromatic heterocycles. The third kappa shape index (κ3) is 5.25. The van der Waals surface area contributed by atoms with Crippen LogP contribution < -0.4 is 10.0 Å². The van der Waals surface area contributed by atoms with Gasteiger partial charge in [0.2, 0.25) is 0 Å². The van der Waals surface area contributed by atoms with Crippen LogP contribution in [0, 0.1) is 0 Å². The van der Waals surface area contributed by atoms with Crippen molar-refractivity contribution in [1.82, 2.24) is 5.32 Å². The van der Waals surface area contributed by atoms with Gasteiger partial charge in [-0.2, -0.15) is 0 Å². The van der Waals surface area contributed by atoms with Crippen LogP contribution in [-0.4, -0.2) is 47.3 Å². The molecule has 2 aromatic carbocycles. The van der Waals surface area contributed by atoms with Crippen molar-refractivity contribution in [3.63, 3.8) is 0 Å². The van der Waals surface area contributed by atoms with Crippen molar-refractivity contribution in [3.05, 3.63) is 53.1 Å². The smallest absolute Gasteiger partial charge is 0.335 e. The maximum Gasteiger partial charge on any atom is 0.335 e. The lowest BCUT2D eigenvalue weighted by Gasteiger charge is -2.26. The number of carboxylic acid groups (broad SMARTS) is 1. The molecule has 1 aliphatic heterocycles. The number of benzene rings is 2. The summed E-state index contributed by atoms with van der Waals surface area (Å²) in [6.07, 6.45) is 3.22. The lowest BCUT2D eigenvalue weighted by molar-refractivity contribution is 0.0696. The van der Waals surface area contributed by atoms with Crippen LogP contribution in [0.5, 0.6) is 0 Å². The Bertz CT molecular complexity index is 1200. The number of carboxylic acids is 1. The van der Waals surface area contributed by atoms with E-state index in [4.69, 9.17) is 0 Å². The first-order chi connectivity index (χ1) is 14.5. The zero-order chi connectivity index (χ0) is 22.8. The van der Waals surface area contributed by atoms with Gasteiger partial charge in [0.05, 0.1) is 21.0 Å². The van der Waals surface area contributed by atoms with Crippen LogP contribution in [0.3, 0.4) is 0 Å². The van der Waals surface area contributed by atoms with Crippen molar-refractivity contribution in [2.45, 2.75) is 41.9 Å². The van der Waals surface area contributed by atoms with Gasteiger partial charge in [-0.1, -0.05) is 19.1 Å². The molecule has 1 saturated heterocycles. The first-order valence-corrected chi connectivity index (χ1v) is 13.3. The molecular formula is C21H26N2O6S2. The molecule has 1 atom stereocenters. The van der Waals surface area contributed by atoms with E-state index in [1.54, 1.807) is 13.0 Å². The van der Waals surface area contributed by atoms with Gasteiger partial charge in [0.1, 0.15) is 0 Å². The highest BCUT2D eigenvalue weighted by atomic mass is 32.2. The Morgan fingerprint density at radius 1 is 1.16 bits per heavy atom. The maximum absolute atomic E-state index is 13.3. The van der Waals surface area contributed by atoms with Gasteiger partial charge >= 0.3 is 5.97 Å². The minimum atomic E-state index is -4.16. The van der Waals surface area contributed by atoms with Crippen LogP contribution in [0.25, 0.3) is 0 Å². The van der Waals surface area contributed by atoms with E-state index in [0.29, 0.717) is 24.1 Å². The predicted molar refractivity (Wildman–Crippen MR) is 118 cm³/mol. The highest BCUT2D eigenvalue weighted by Gasteiger charge is 2.25. The molecule has 31 heavy (non-hydrogen) atoms. The van der Waals surface area contributed by atoms with E-state index in [2.05, 4.69) is 10.0 Å². The normalized spacial score (nSPS) is 17.3. The fourth-order valence-electron chi connectivity index (χ4n) is 3.76. The third-order valence-electron chi connectivity index (χ3n) is 5.42. The van der Waals surface area contributed by atoms with Gasteiger partial charge in [-0.05, 0) is 67.1 Å². The monoisotopic (exact) mass is 466 g/mol. The minimum Gasteiger partial charge on any atom is -0.478 e. The fourth-order valence-corrected chi connectivity index (χ4v) is 5.82. The zero-order valence-corrected chi connectivity index (χ0v) is 19.0. The van der Waals surface area contributed by atoms with Crippen LogP contribution in [0.4, 0.5) is 5.69 Å². The first kappa shape index (κ1) is 23.2. The second kappa shape index (κ2) is 8.97. The van der Waals surface area contributed by atoms with E-state index < -0.39 is 25.8 Å². The molecule has 0 radical (unpaired) electrons. The van der Waals surface area contributed by atoms with E-state index in [1.165, 1.54) is 24.3 Å². The number of anilines is 1. The van der Waals surface area contributed by atoms with E-state index >= 15 is 0 Å². The van der Waals surface area contributed by atoms with Crippen LogP contribution in [0.1, 0.15) is 47.2 Å². The molecule has 1 unspecified atom stereocenters. The molecule has 1 fully saturated rings. The second-order valence-electron chi connectivity index (χ2n) is 7.65. The Balaban J connectivity index is 2.11. The Morgan fingerprint density at radius 3 is 2.48 bits per heavy atom. The SMILES string of the molecule is CCc1ccc(C(=O)O)cc1S(=O)(=O)Nc1cc(S(C)(=O)=O)ccc1C1CCCNC1. The van der Waals surface area contributed by atoms with Gasteiger partial charge in [0.15, 0.2) is 9.84 Å². The standard InChI is InChI=1S/C21H26N2O6S2/c1-3-14-6-7-15(21(24)25)11-20(14)31(28,29)23-19-12-17(30(2,26)27)8-9-18(19)16-5-4-10-22-13-16/h6-9,11-12,16,22-23H,3-5,10,13H2,1-2H3,(H,24,25). The molecule has 0 bridgehead atoms. The van der Waals surface area contributed by atoms with Gasteiger partial charge in [-0.3, -0.25) is 4.72 Å². The number of carbonyl (C=O) groups is 1. The Labute approximate surface area is 182 Å². The number of aromatic carboxylic acids is 1. The first-order valence-electron chi connectivity index (χ1n) is 9.96. The minimum absolute atomic E-state index is 0.00715. The average molecular weight is 467 g/mol. The maximum atomic E-state index is 13.3. The molecule has 168 valence electrons. The molecule has 3 N–H and O–H groups in total. The predicted octanol–water partition coefficient (Wildman–Crippen LogP) is 2.62. The summed E-state index contributed by atoms with van der Waals surface area (Å²) in [5.74, 6) is -1.21. The van der Waals surface area contributed by atoms with Crippen molar-refractivity contribution in [2.75, 3.05) is 24.1 Å². The summed E-state index contributed by atoms with van der Waals surface area (Å²) in [6, 6.07) is 8.45. The molecule has 1 heterocycles. The number of piperidine rings is 1. The number of sulfonamides is 1. The van der Waals surface area contributed by atoms with E-state index in [0.717, 1.165) is 31.7 Å². The molecule has 10 heteroatoms. The largest absolute Gasteiger partial charge is 0.478 e. The number of sulfone groups is 1. The second-order valence-corrected chi connectivity index (χ2v) is 11.3. The molecule has 2 aromatic rings. The number of hydrogen-bond donors (Lipinski definition) is 3. The Kier molecular flexibility index (Phi) is 6.73. The van der Waals surface area contributed by atoms with Crippen LogP contribution >= 0.6 is 0 Å². The molecule has 1 aliphatic rings. The van der Waals surface area contributed by atoms with Crippen molar-refractivity contribution in [2.24, 2.45) is 0 Å². The molecule has 8 nitrogen and oxygen atoms in total. The molecule has 0 amide bonds. The fraction of sp³-hybridized carbons (Fsp3) is 0.381. The lowest BCUT2D eigenvalue weighted by Crippen LogP contribution is -2.29. The number of nitrogens with one attached hydrogen (secondary N) is 2. The summed E-state index contributed by atoms with van der Waals surface area (Å²) in [7, 11) is -7.72. The van der Waals surface area contributed by atoms with Crippen LogP contribution in [0.15, 0.2) is 46.2 Å². The summed E-state index contributed by atoms with van der Waals surface area (Å²) < 4.78 is 53.3. The van der Waals surface area contributed by atoms with Crippen LogP contribution in [-0.2, 0) is 26.3 Å². The van der Waals surface area contributed by atoms with Crippen LogP contribution in [0.2, 0.25) is 0 Å². The van der Waals surface area contributed by atoms with E-state index in [1.807, 2.05) is 0 Å². The van der Waals surface area contributed by atoms with Gasteiger partial charge in [0, 0.05) is 12.8 Å². The van der Waals surface area contributed by atoms with Gasteiger partial charge in [-0.15, -0.1) is 0 Å². The zero-order valence-electron chi connectivity index (χ0n) is 17.4. The van der Waals surface area contributed by atoms with E-state index in [9.17, 15) is 26.7 Å². The summed E-state index contributed by atoms with van der Waals surface area (Å²) >= 11 is 0. The molecule has 0 spiro atoms. The highest BCUT2D eigenvalue weighted by Crippen LogP contribution is 2.33. The van der Waals surface area contributed by atoms with Crippen molar-refractivity contribution < 1.29 is 26.7 Å². The summed E-state index contributed by atoms with van der Waals surface area (Å²) in [5.41, 5.74) is 1.23. The highest BCUT2D eigenvalue weighted by molar-refractivity contribution is 7.92. The topological polar surface area (TPSA) is 130 Å². The van der Waals surface area contributed by atoms with Gasteiger partial charge in [-0.25, -0.2) is 21.6 Å². The quantitative estimate of drug-likeness (QED) is 0.572. The molecular weight excluding hydrogens is 440 g/mol. The van der Waals surface area contributed by atoms with Crippen molar-refractivity contribution in [3.8, 4) is 0 Å². The third-order valence-corrected chi connectivity index (χ3v) is 7.98. The summed E-state index contributed by atoms with van der Waals surface area (Å²) in [4.78, 5) is 11.2. The number of aryl methyl sites for hydroxylation is 1. The Morgan fingerprint density at radius 2 is 1.90 bits per heavy atom. The molecule has 3 rings (SSSR count).